The Hall–Kier alpha value is -2.18. The number of rotatable bonds is 3. The van der Waals surface area contributed by atoms with Crippen LogP contribution in [0.5, 0.6) is 0 Å². The Morgan fingerprint density at radius 1 is 1.28 bits per heavy atom. The molecule has 132 valence electrons. The van der Waals surface area contributed by atoms with Crippen LogP contribution in [0.3, 0.4) is 0 Å². The third kappa shape index (κ3) is 3.19. The van der Waals surface area contributed by atoms with Gasteiger partial charge >= 0.3 is 0 Å². The number of likely N-dealkylation sites (tertiary alicyclic amines) is 1. The number of nitrogens with one attached hydrogen (secondary N) is 1. The van der Waals surface area contributed by atoms with E-state index >= 15 is 0 Å². The summed E-state index contributed by atoms with van der Waals surface area (Å²) in [7, 11) is 4.10. The van der Waals surface area contributed by atoms with Crippen molar-refractivity contribution in [2.75, 3.05) is 26.7 Å². The third-order valence-corrected chi connectivity index (χ3v) is 5.29. The van der Waals surface area contributed by atoms with Crippen molar-refractivity contribution in [2.45, 2.75) is 25.0 Å². The Kier molecular flexibility index (Phi) is 4.31. The van der Waals surface area contributed by atoms with Gasteiger partial charge < -0.3 is 19.5 Å². The van der Waals surface area contributed by atoms with Gasteiger partial charge in [-0.25, -0.2) is 4.98 Å². The molecule has 0 unspecified atom stereocenters. The molecular formula is C19H24N4O2. The quantitative estimate of drug-likeness (QED) is 0.916. The molecule has 0 bridgehead atoms. The van der Waals surface area contributed by atoms with Gasteiger partial charge in [-0.15, -0.1) is 0 Å². The number of aryl methyl sites for hydroxylation is 1. The number of amides is 1. The summed E-state index contributed by atoms with van der Waals surface area (Å²) in [6, 6.07) is 6.03. The summed E-state index contributed by atoms with van der Waals surface area (Å²) in [6.07, 6.45) is 4.60. The zero-order valence-electron chi connectivity index (χ0n) is 14.7. The summed E-state index contributed by atoms with van der Waals surface area (Å²) >= 11 is 0. The van der Waals surface area contributed by atoms with Crippen molar-refractivity contribution in [3.8, 4) is 0 Å². The standard InChI is InChI=1S/C19H24N4O2/c1-22-9-16(18-8-20-12-23(18)2)17(10-22)21-19(24)14-3-4-15-11-25-6-5-13(15)7-14/h3-4,7-8,12,16-17H,5-6,9-11H2,1-2H3,(H,21,24)/t16-,17-/m1/s1. The van der Waals surface area contributed by atoms with Crippen molar-refractivity contribution in [1.82, 2.24) is 19.8 Å². The molecule has 1 amide bonds. The Morgan fingerprint density at radius 2 is 2.16 bits per heavy atom. The number of benzene rings is 1. The second-order valence-corrected chi connectivity index (χ2v) is 7.12. The van der Waals surface area contributed by atoms with E-state index in [0.717, 1.165) is 37.4 Å². The topological polar surface area (TPSA) is 59.4 Å². The first kappa shape index (κ1) is 16.3. The Labute approximate surface area is 147 Å². The van der Waals surface area contributed by atoms with Gasteiger partial charge in [-0.05, 0) is 36.7 Å². The molecular weight excluding hydrogens is 316 g/mol. The minimum absolute atomic E-state index is 0.00163. The number of imidazole rings is 1. The van der Waals surface area contributed by atoms with Gasteiger partial charge in [0.1, 0.15) is 0 Å². The second-order valence-electron chi connectivity index (χ2n) is 7.12. The van der Waals surface area contributed by atoms with Crippen molar-refractivity contribution in [3.63, 3.8) is 0 Å². The molecule has 1 saturated heterocycles. The number of fused-ring (bicyclic) bond motifs is 1. The molecule has 0 aliphatic carbocycles. The van der Waals surface area contributed by atoms with Crippen LogP contribution in [0.2, 0.25) is 0 Å². The Morgan fingerprint density at radius 3 is 2.96 bits per heavy atom. The molecule has 1 aromatic carbocycles. The summed E-state index contributed by atoms with van der Waals surface area (Å²) in [5, 5.41) is 3.25. The molecule has 6 heteroatoms. The molecule has 2 aliphatic heterocycles. The molecule has 4 rings (SSSR count). The third-order valence-electron chi connectivity index (χ3n) is 5.29. The van der Waals surface area contributed by atoms with Crippen molar-refractivity contribution < 1.29 is 9.53 Å². The van der Waals surface area contributed by atoms with Crippen molar-refractivity contribution in [2.24, 2.45) is 7.05 Å². The Balaban J connectivity index is 1.52. The fourth-order valence-electron chi connectivity index (χ4n) is 3.93. The zero-order valence-corrected chi connectivity index (χ0v) is 14.7. The summed E-state index contributed by atoms with van der Waals surface area (Å²) in [4.78, 5) is 19.3. The fraction of sp³-hybridized carbons (Fsp3) is 0.474. The maximum atomic E-state index is 12.8. The fourth-order valence-corrected chi connectivity index (χ4v) is 3.93. The van der Waals surface area contributed by atoms with E-state index < -0.39 is 0 Å². The summed E-state index contributed by atoms with van der Waals surface area (Å²) in [6.45, 7) is 3.15. The highest BCUT2D eigenvalue weighted by atomic mass is 16.5. The number of nitrogens with zero attached hydrogens (tertiary/aromatic N) is 3. The number of hydrogen-bond acceptors (Lipinski definition) is 4. The smallest absolute Gasteiger partial charge is 0.251 e. The van der Waals surface area contributed by atoms with E-state index in [4.69, 9.17) is 4.74 Å². The van der Waals surface area contributed by atoms with Crippen molar-refractivity contribution >= 4 is 5.91 Å². The molecule has 0 spiro atoms. The predicted octanol–water partition coefficient (Wildman–Crippen LogP) is 1.32. The first-order valence-electron chi connectivity index (χ1n) is 8.77. The molecule has 2 aliphatic rings. The van der Waals surface area contributed by atoms with Crippen LogP contribution in [-0.4, -0.2) is 53.1 Å². The van der Waals surface area contributed by atoms with Crippen LogP contribution in [0.25, 0.3) is 0 Å². The average molecular weight is 340 g/mol. The van der Waals surface area contributed by atoms with Gasteiger partial charge in [0.05, 0.1) is 25.6 Å². The normalized spacial score (nSPS) is 23.4. The number of hydrogen-bond donors (Lipinski definition) is 1. The molecule has 25 heavy (non-hydrogen) atoms. The van der Waals surface area contributed by atoms with E-state index in [0.29, 0.717) is 6.61 Å². The van der Waals surface area contributed by atoms with Gasteiger partial charge in [-0.3, -0.25) is 4.79 Å². The van der Waals surface area contributed by atoms with Crippen molar-refractivity contribution in [1.29, 1.82) is 0 Å². The van der Waals surface area contributed by atoms with Crippen LogP contribution < -0.4 is 5.32 Å². The highest BCUT2D eigenvalue weighted by Gasteiger charge is 2.34. The predicted molar refractivity (Wildman–Crippen MR) is 94.5 cm³/mol. The van der Waals surface area contributed by atoms with E-state index in [2.05, 4.69) is 22.2 Å². The molecule has 1 N–H and O–H groups in total. The van der Waals surface area contributed by atoms with Gasteiger partial charge in [0.25, 0.3) is 5.91 Å². The molecule has 0 saturated carbocycles. The summed E-state index contributed by atoms with van der Waals surface area (Å²) < 4.78 is 7.51. The molecule has 1 fully saturated rings. The lowest BCUT2D eigenvalue weighted by molar-refractivity contribution is 0.0933. The van der Waals surface area contributed by atoms with E-state index in [-0.39, 0.29) is 17.9 Å². The highest BCUT2D eigenvalue weighted by Crippen LogP contribution is 2.27. The number of ether oxygens (including phenoxy) is 1. The minimum Gasteiger partial charge on any atom is -0.376 e. The second kappa shape index (κ2) is 6.61. The van der Waals surface area contributed by atoms with Gasteiger partial charge in [-0.1, -0.05) is 6.07 Å². The molecule has 2 aromatic rings. The molecule has 2 atom stereocenters. The largest absolute Gasteiger partial charge is 0.376 e. The van der Waals surface area contributed by atoms with Gasteiger partial charge in [0.2, 0.25) is 0 Å². The maximum Gasteiger partial charge on any atom is 0.251 e. The number of carbonyl (C=O) groups excluding carboxylic acids is 1. The summed E-state index contributed by atoms with van der Waals surface area (Å²) in [5.74, 6) is 0.259. The molecule has 1 aromatic heterocycles. The van der Waals surface area contributed by atoms with E-state index in [1.165, 1.54) is 11.1 Å². The molecule has 0 radical (unpaired) electrons. The van der Waals surface area contributed by atoms with E-state index in [1.54, 1.807) is 0 Å². The van der Waals surface area contributed by atoms with Crippen LogP contribution in [0.4, 0.5) is 0 Å². The van der Waals surface area contributed by atoms with Crippen LogP contribution in [0, 0.1) is 0 Å². The van der Waals surface area contributed by atoms with Gasteiger partial charge in [0.15, 0.2) is 0 Å². The summed E-state index contributed by atoms with van der Waals surface area (Å²) in [5.41, 5.74) is 4.32. The lowest BCUT2D eigenvalue weighted by Gasteiger charge is -2.21. The van der Waals surface area contributed by atoms with Crippen LogP contribution in [-0.2, 0) is 24.8 Å². The highest BCUT2D eigenvalue weighted by molar-refractivity contribution is 5.94. The lowest BCUT2D eigenvalue weighted by Crippen LogP contribution is -2.40. The Bertz CT molecular complexity index is 785. The van der Waals surface area contributed by atoms with E-state index in [9.17, 15) is 4.79 Å². The average Bonchev–Trinajstić information content (AvgIpc) is 3.19. The van der Waals surface area contributed by atoms with Crippen LogP contribution in [0.1, 0.15) is 33.1 Å². The van der Waals surface area contributed by atoms with Crippen molar-refractivity contribution in [3.05, 3.63) is 53.1 Å². The van der Waals surface area contributed by atoms with Crippen LogP contribution in [0.15, 0.2) is 30.7 Å². The maximum absolute atomic E-state index is 12.8. The number of aromatic nitrogens is 2. The van der Waals surface area contributed by atoms with Gasteiger partial charge in [-0.2, -0.15) is 0 Å². The van der Waals surface area contributed by atoms with Gasteiger partial charge in [0, 0.05) is 43.5 Å². The minimum atomic E-state index is 0.00163. The number of carbonyl (C=O) groups is 1. The van der Waals surface area contributed by atoms with E-state index in [1.807, 2.05) is 42.3 Å². The SMILES string of the molecule is CN1C[C@@H](NC(=O)c2ccc3c(c2)CCOC3)[C@H](c2cncn2C)C1. The first-order chi connectivity index (χ1) is 12.1. The lowest BCUT2D eigenvalue weighted by atomic mass is 9.98. The zero-order chi connectivity index (χ0) is 17.4. The van der Waals surface area contributed by atoms with Crippen LogP contribution >= 0.6 is 0 Å². The molecule has 3 heterocycles. The number of likely N-dealkylation sites (N-methyl/N-ethyl adjacent to an activating group) is 1. The molecule has 6 nitrogen and oxygen atoms in total. The first-order valence-corrected chi connectivity index (χ1v) is 8.77. The monoisotopic (exact) mass is 340 g/mol.